The van der Waals surface area contributed by atoms with Gasteiger partial charge < -0.3 is 10.2 Å². The Morgan fingerprint density at radius 1 is 1.24 bits per heavy atom. The summed E-state index contributed by atoms with van der Waals surface area (Å²) in [6, 6.07) is 10.7. The molecule has 0 aliphatic carbocycles. The lowest BCUT2D eigenvalue weighted by Crippen LogP contribution is -2.34. The SMILES string of the molecule is CCCNCc1cc2ccccc2nc1N1CCSCC1. The smallest absolute Gasteiger partial charge is 0.133 e. The highest BCUT2D eigenvalue weighted by Gasteiger charge is 2.16. The Kier molecular flexibility index (Phi) is 4.99. The molecule has 0 unspecified atom stereocenters. The molecule has 3 nitrogen and oxygen atoms in total. The number of aromatic nitrogens is 1. The van der Waals surface area contributed by atoms with E-state index in [4.69, 9.17) is 4.98 Å². The van der Waals surface area contributed by atoms with Gasteiger partial charge in [-0.3, -0.25) is 0 Å². The van der Waals surface area contributed by atoms with E-state index in [0.29, 0.717) is 0 Å². The fourth-order valence-electron chi connectivity index (χ4n) is 2.73. The average molecular weight is 301 g/mol. The highest BCUT2D eigenvalue weighted by Crippen LogP contribution is 2.25. The molecule has 0 bridgehead atoms. The summed E-state index contributed by atoms with van der Waals surface area (Å²) in [5.41, 5.74) is 2.43. The van der Waals surface area contributed by atoms with Gasteiger partial charge in [0.05, 0.1) is 5.52 Å². The number of fused-ring (bicyclic) bond motifs is 1. The highest BCUT2D eigenvalue weighted by molar-refractivity contribution is 7.99. The topological polar surface area (TPSA) is 28.2 Å². The van der Waals surface area contributed by atoms with Gasteiger partial charge in [0.15, 0.2) is 0 Å². The van der Waals surface area contributed by atoms with Gasteiger partial charge in [-0.15, -0.1) is 0 Å². The molecule has 21 heavy (non-hydrogen) atoms. The molecule has 0 radical (unpaired) electrons. The highest BCUT2D eigenvalue weighted by atomic mass is 32.2. The van der Waals surface area contributed by atoms with Gasteiger partial charge in [-0.1, -0.05) is 25.1 Å². The fraction of sp³-hybridized carbons (Fsp3) is 0.471. The zero-order valence-electron chi connectivity index (χ0n) is 12.6. The third-order valence-corrected chi connectivity index (χ3v) is 4.78. The second kappa shape index (κ2) is 7.14. The number of nitrogens with one attached hydrogen (secondary N) is 1. The summed E-state index contributed by atoms with van der Waals surface area (Å²) in [4.78, 5) is 7.40. The van der Waals surface area contributed by atoms with Crippen molar-refractivity contribution in [1.82, 2.24) is 10.3 Å². The van der Waals surface area contributed by atoms with Crippen LogP contribution < -0.4 is 10.2 Å². The van der Waals surface area contributed by atoms with E-state index < -0.39 is 0 Å². The predicted octanol–water partition coefficient (Wildman–Crippen LogP) is 3.29. The first-order valence-corrected chi connectivity index (χ1v) is 8.96. The Labute approximate surface area is 131 Å². The number of anilines is 1. The Morgan fingerprint density at radius 3 is 2.86 bits per heavy atom. The van der Waals surface area contributed by atoms with Crippen molar-refractivity contribution in [2.75, 3.05) is 36.0 Å². The minimum absolute atomic E-state index is 0.907. The lowest BCUT2D eigenvalue weighted by atomic mass is 10.1. The first kappa shape index (κ1) is 14.7. The van der Waals surface area contributed by atoms with Crippen LogP contribution in [-0.2, 0) is 6.54 Å². The van der Waals surface area contributed by atoms with Crippen molar-refractivity contribution >= 4 is 28.5 Å². The van der Waals surface area contributed by atoms with Crippen LogP contribution in [0.5, 0.6) is 0 Å². The summed E-state index contributed by atoms with van der Waals surface area (Å²) in [5.74, 6) is 3.59. The van der Waals surface area contributed by atoms with Crippen LogP contribution in [-0.4, -0.2) is 36.1 Å². The van der Waals surface area contributed by atoms with E-state index in [1.54, 1.807) is 0 Å². The number of nitrogens with zero attached hydrogens (tertiary/aromatic N) is 2. The van der Waals surface area contributed by atoms with Gasteiger partial charge in [0.2, 0.25) is 0 Å². The van der Waals surface area contributed by atoms with Gasteiger partial charge in [-0.25, -0.2) is 4.98 Å². The minimum atomic E-state index is 0.907. The fourth-order valence-corrected chi connectivity index (χ4v) is 3.63. The molecule has 1 aliphatic rings. The van der Waals surface area contributed by atoms with Crippen LogP contribution in [0.4, 0.5) is 5.82 Å². The number of hydrogen-bond donors (Lipinski definition) is 1. The monoisotopic (exact) mass is 301 g/mol. The number of para-hydroxylation sites is 1. The Bertz CT molecular complexity index is 594. The van der Waals surface area contributed by atoms with E-state index in [1.165, 1.54) is 28.3 Å². The van der Waals surface area contributed by atoms with Crippen LogP contribution in [0.15, 0.2) is 30.3 Å². The quantitative estimate of drug-likeness (QED) is 0.858. The summed E-state index contributed by atoms with van der Waals surface area (Å²) >= 11 is 2.04. The maximum Gasteiger partial charge on any atom is 0.133 e. The Morgan fingerprint density at radius 2 is 2.05 bits per heavy atom. The molecule has 2 aromatic rings. The van der Waals surface area contributed by atoms with Crippen LogP contribution in [0, 0.1) is 0 Å². The summed E-state index contributed by atoms with van der Waals surface area (Å²) in [5, 5.41) is 4.76. The van der Waals surface area contributed by atoms with Crippen molar-refractivity contribution in [3.63, 3.8) is 0 Å². The van der Waals surface area contributed by atoms with Gasteiger partial charge in [0.25, 0.3) is 0 Å². The lowest BCUT2D eigenvalue weighted by Gasteiger charge is -2.29. The van der Waals surface area contributed by atoms with Crippen LogP contribution >= 0.6 is 11.8 Å². The van der Waals surface area contributed by atoms with Crippen LogP contribution in [0.2, 0.25) is 0 Å². The molecule has 1 N–H and O–H groups in total. The summed E-state index contributed by atoms with van der Waals surface area (Å²) in [6.45, 7) is 6.38. The van der Waals surface area contributed by atoms with Crippen molar-refractivity contribution in [1.29, 1.82) is 0 Å². The van der Waals surface area contributed by atoms with Crippen molar-refractivity contribution in [3.8, 4) is 0 Å². The van der Waals surface area contributed by atoms with E-state index in [1.807, 2.05) is 11.8 Å². The average Bonchev–Trinajstić information content (AvgIpc) is 2.55. The normalized spacial score (nSPS) is 15.6. The molecule has 0 amide bonds. The molecule has 1 aliphatic heterocycles. The molecule has 4 heteroatoms. The molecule has 3 rings (SSSR count). The van der Waals surface area contributed by atoms with Crippen molar-refractivity contribution in [2.24, 2.45) is 0 Å². The van der Waals surface area contributed by atoms with Crippen molar-refractivity contribution in [3.05, 3.63) is 35.9 Å². The van der Waals surface area contributed by atoms with Gasteiger partial charge in [0, 0.05) is 42.1 Å². The molecule has 1 aromatic heterocycles. The standard InChI is InChI=1S/C17H23N3S/c1-2-7-18-13-15-12-14-5-3-4-6-16(14)19-17(15)20-8-10-21-11-9-20/h3-6,12,18H,2,7-11,13H2,1H3. The second-order valence-corrected chi connectivity index (χ2v) is 6.66. The van der Waals surface area contributed by atoms with Crippen molar-refractivity contribution in [2.45, 2.75) is 19.9 Å². The van der Waals surface area contributed by atoms with Crippen LogP contribution in [0.25, 0.3) is 10.9 Å². The number of benzene rings is 1. The van der Waals surface area contributed by atoms with Crippen LogP contribution in [0.1, 0.15) is 18.9 Å². The summed E-state index contributed by atoms with van der Waals surface area (Å²) < 4.78 is 0. The third kappa shape index (κ3) is 3.50. The van der Waals surface area contributed by atoms with Gasteiger partial charge in [0.1, 0.15) is 5.82 Å². The minimum Gasteiger partial charge on any atom is -0.355 e. The summed E-state index contributed by atoms with van der Waals surface area (Å²) in [7, 11) is 0. The Balaban J connectivity index is 1.94. The number of thioether (sulfide) groups is 1. The van der Waals surface area contributed by atoms with E-state index in [0.717, 1.165) is 38.1 Å². The largest absolute Gasteiger partial charge is 0.355 e. The zero-order valence-corrected chi connectivity index (χ0v) is 13.5. The maximum absolute atomic E-state index is 4.95. The number of pyridine rings is 1. The predicted molar refractivity (Wildman–Crippen MR) is 93.3 cm³/mol. The molecule has 1 aromatic carbocycles. The van der Waals surface area contributed by atoms with E-state index >= 15 is 0 Å². The van der Waals surface area contributed by atoms with Gasteiger partial charge in [-0.05, 0) is 25.1 Å². The first-order chi connectivity index (χ1) is 10.4. The molecule has 0 saturated carbocycles. The van der Waals surface area contributed by atoms with Gasteiger partial charge >= 0.3 is 0 Å². The molecule has 0 spiro atoms. The Hall–Kier alpha value is -1.26. The maximum atomic E-state index is 4.95. The van der Waals surface area contributed by atoms with Gasteiger partial charge in [-0.2, -0.15) is 11.8 Å². The molecule has 1 saturated heterocycles. The van der Waals surface area contributed by atoms with Crippen LogP contribution in [0.3, 0.4) is 0 Å². The zero-order chi connectivity index (χ0) is 14.5. The van der Waals surface area contributed by atoms with E-state index in [9.17, 15) is 0 Å². The molecule has 2 heterocycles. The number of rotatable bonds is 5. The van der Waals surface area contributed by atoms with E-state index in [-0.39, 0.29) is 0 Å². The third-order valence-electron chi connectivity index (χ3n) is 3.83. The van der Waals surface area contributed by atoms with Crippen molar-refractivity contribution < 1.29 is 0 Å². The second-order valence-electron chi connectivity index (χ2n) is 5.44. The lowest BCUT2D eigenvalue weighted by molar-refractivity contribution is 0.671. The van der Waals surface area contributed by atoms with E-state index in [2.05, 4.69) is 47.5 Å². The molecular weight excluding hydrogens is 278 g/mol. The summed E-state index contributed by atoms with van der Waals surface area (Å²) in [6.07, 6.45) is 1.16. The molecule has 0 atom stereocenters. The number of hydrogen-bond acceptors (Lipinski definition) is 4. The molecular formula is C17H23N3S. The first-order valence-electron chi connectivity index (χ1n) is 7.80. The molecule has 1 fully saturated rings. The molecule has 112 valence electrons.